The number of aliphatic hydroxyl groups excluding tert-OH is 2. The first-order chi connectivity index (χ1) is 8.13. The van der Waals surface area contributed by atoms with Gasteiger partial charge in [0.15, 0.2) is 0 Å². The first-order valence-electron chi connectivity index (χ1n) is 6.68. The SMILES string of the molecule is CC1CCC(O)C(CN(C)CCOCCO)C1. The molecular weight excluding hydrogens is 218 g/mol. The van der Waals surface area contributed by atoms with Gasteiger partial charge in [0, 0.05) is 13.1 Å². The lowest BCUT2D eigenvalue weighted by Gasteiger charge is -2.34. The number of nitrogens with zero attached hydrogens (tertiary/aromatic N) is 1. The zero-order chi connectivity index (χ0) is 12.7. The fourth-order valence-corrected chi connectivity index (χ4v) is 2.56. The smallest absolute Gasteiger partial charge is 0.0698 e. The largest absolute Gasteiger partial charge is 0.394 e. The summed E-state index contributed by atoms with van der Waals surface area (Å²) in [6, 6.07) is 0. The Hall–Kier alpha value is -0.160. The van der Waals surface area contributed by atoms with Gasteiger partial charge in [-0.25, -0.2) is 0 Å². The summed E-state index contributed by atoms with van der Waals surface area (Å²) in [5.74, 6) is 1.14. The molecule has 0 amide bonds. The first-order valence-corrected chi connectivity index (χ1v) is 6.68. The highest BCUT2D eigenvalue weighted by Crippen LogP contribution is 2.29. The number of aliphatic hydroxyl groups is 2. The van der Waals surface area contributed by atoms with E-state index in [0.717, 1.165) is 38.3 Å². The molecule has 4 nitrogen and oxygen atoms in total. The van der Waals surface area contributed by atoms with E-state index < -0.39 is 0 Å². The van der Waals surface area contributed by atoms with Crippen molar-refractivity contribution in [3.63, 3.8) is 0 Å². The summed E-state index contributed by atoms with van der Waals surface area (Å²) >= 11 is 0. The molecule has 0 radical (unpaired) electrons. The standard InChI is InChI=1S/C13H27NO3/c1-11-3-4-13(16)12(9-11)10-14(2)5-7-17-8-6-15/h11-13,15-16H,3-10H2,1-2H3. The van der Waals surface area contributed by atoms with Crippen LogP contribution in [-0.2, 0) is 4.74 Å². The van der Waals surface area contributed by atoms with Gasteiger partial charge in [-0.2, -0.15) is 0 Å². The predicted molar refractivity (Wildman–Crippen MR) is 67.9 cm³/mol. The average molecular weight is 245 g/mol. The number of rotatable bonds is 7. The van der Waals surface area contributed by atoms with Gasteiger partial charge in [-0.1, -0.05) is 6.92 Å². The summed E-state index contributed by atoms with van der Waals surface area (Å²) in [5.41, 5.74) is 0. The van der Waals surface area contributed by atoms with Crippen molar-refractivity contribution in [3.8, 4) is 0 Å². The van der Waals surface area contributed by atoms with E-state index in [1.165, 1.54) is 0 Å². The molecule has 0 spiro atoms. The van der Waals surface area contributed by atoms with E-state index in [1.54, 1.807) is 0 Å². The van der Waals surface area contributed by atoms with E-state index in [9.17, 15) is 5.11 Å². The van der Waals surface area contributed by atoms with Gasteiger partial charge in [-0.05, 0) is 38.1 Å². The Bertz CT molecular complexity index is 201. The van der Waals surface area contributed by atoms with Gasteiger partial charge < -0.3 is 19.8 Å². The van der Waals surface area contributed by atoms with Crippen LogP contribution in [0.2, 0.25) is 0 Å². The summed E-state index contributed by atoms with van der Waals surface area (Å²) in [6.07, 6.45) is 3.09. The molecule has 0 aromatic carbocycles. The van der Waals surface area contributed by atoms with Crippen molar-refractivity contribution < 1.29 is 14.9 Å². The Kier molecular flexibility index (Phi) is 7.04. The van der Waals surface area contributed by atoms with Crippen molar-refractivity contribution in [1.29, 1.82) is 0 Å². The number of ether oxygens (including phenoxy) is 1. The summed E-state index contributed by atoms with van der Waals surface area (Å²) in [5, 5.41) is 18.5. The molecule has 102 valence electrons. The van der Waals surface area contributed by atoms with Gasteiger partial charge in [0.25, 0.3) is 0 Å². The fourth-order valence-electron chi connectivity index (χ4n) is 2.56. The van der Waals surface area contributed by atoms with Crippen LogP contribution in [0.4, 0.5) is 0 Å². The van der Waals surface area contributed by atoms with Gasteiger partial charge in [0.1, 0.15) is 0 Å². The highest BCUT2D eigenvalue weighted by Gasteiger charge is 2.27. The number of likely N-dealkylation sites (N-methyl/N-ethyl adjacent to an activating group) is 1. The molecule has 2 N–H and O–H groups in total. The van der Waals surface area contributed by atoms with Crippen LogP contribution in [0.5, 0.6) is 0 Å². The molecule has 3 unspecified atom stereocenters. The Balaban J connectivity index is 2.17. The summed E-state index contributed by atoms with van der Waals surface area (Å²) in [6.45, 7) is 5.21. The van der Waals surface area contributed by atoms with Crippen LogP contribution in [0.1, 0.15) is 26.2 Å². The van der Waals surface area contributed by atoms with Crippen LogP contribution >= 0.6 is 0 Å². The molecule has 1 rings (SSSR count). The highest BCUT2D eigenvalue weighted by atomic mass is 16.5. The van der Waals surface area contributed by atoms with Crippen molar-refractivity contribution in [2.24, 2.45) is 11.8 Å². The second kappa shape index (κ2) is 8.03. The Morgan fingerprint density at radius 3 is 2.76 bits per heavy atom. The van der Waals surface area contributed by atoms with Crippen LogP contribution in [0, 0.1) is 11.8 Å². The highest BCUT2D eigenvalue weighted by molar-refractivity contribution is 4.79. The minimum atomic E-state index is -0.132. The van der Waals surface area contributed by atoms with Crippen LogP contribution < -0.4 is 0 Å². The quantitative estimate of drug-likeness (QED) is 0.649. The normalized spacial score (nSPS) is 29.8. The van der Waals surface area contributed by atoms with Gasteiger partial charge >= 0.3 is 0 Å². The molecule has 17 heavy (non-hydrogen) atoms. The van der Waals surface area contributed by atoms with Crippen LogP contribution in [0.15, 0.2) is 0 Å². The molecule has 1 aliphatic rings. The molecule has 4 heteroatoms. The molecular formula is C13H27NO3. The van der Waals surface area contributed by atoms with Crippen LogP contribution in [0.25, 0.3) is 0 Å². The summed E-state index contributed by atoms with van der Waals surface area (Å²) in [4.78, 5) is 2.21. The minimum absolute atomic E-state index is 0.0859. The Morgan fingerprint density at radius 1 is 1.29 bits per heavy atom. The molecule has 1 aliphatic carbocycles. The second-order valence-electron chi connectivity index (χ2n) is 5.34. The minimum Gasteiger partial charge on any atom is -0.394 e. The third kappa shape index (κ3) is 5.82. The Labute approximate surface area is 105 Å². The average Bonchev–Trinajstić information content (AvgIpc) is 2.29. The molecule has 1 fully saturated rings. The molecule has 3 atom stereocenters. The Morgan fingerprint density at radius 2 is 2.06 bits per heavy atom. The van der Waals surface area contributed by atoms with E-state index in [-0.39, 0.29) is 12.7 Å². The number of hydrogen-bond acceptors (Lipinski definition) is 4. The molecule has 0 aliphatic heterocycles. The monoisotopic (exact) mass is 245 g/mol. The van der Waals surface area contributed by atoms with E-state index in [4.69, 9.17) is 9.84 Å². The van der Waals surface area contributed by atoms with Gasteiger partial charge in [-0.3, -0.25) is 0 Å². The zero-order valence-corrected chi connectivity index (χ0v) is 11.1. The van der Waals surface area contributed by atoms with E-state index in [1.807, 2.05) is 0 Å². The van der Waals surface area contributed by atoms with Gasteiger partial charge in [0.05, 0.1) is 25.9 Å². The summed E-state index contributed by atoms with van der Waals surface area (Å²) < 4.78 is 5.24. The van der Waals surface area contributed by atoms with E-state index in [2.05, 4.69) is 18.9 Å². The number of hydrogen-bond donors (Lipinski definition) is 2. The second-order valence-corrected chi connectivity index (χ2v) is 5.34. The van der Waals surface area contributed by atoms with Gasteiger partial charge in [0.2, 0.25) is 0 Å². The van der Waals surface area contributed by atoms with Gasteiger partial charge in [-0.15, -0.1) is 0 Å². The van der Waals surface area contributed by atoms with E-state index in [0.29, 0.717) is 19.1 Å². The van der Waals surface area contributed by atoms with Crippen molar-refractivity contribution in [3.05, 3.63) is 0 Å². The maximum Gasteiger partial charge on any atom is 0.0698 e. The van der Waals surface area contributed by atoms with Crippen molar-refractivity contribution in [1.82, 2.24) is 4.90 Å². The topological polar surface area (TPSA) is 52.9 Å². The molecule has 0 heterocycles. The zero-order valence-electron chi connectivity index (χ0n) is 11.1. The molecule has 0 bridgehead atoms. The van der Waals surface area contributed by atoms with Crippen molar-refractivity contribution in [2.45, 2.75) is 32.3 Å². The van der Waals surface area contributed by atoms with Crippen molar-refractivity contribution >= 4 is 0 Å². The molecule has 0 aromatic rings. The third-order valence-electron chi connectivity index (χ3n) is 3.60. The molecule has 0 saturated heterocycles. The van der Waals surface area contributed by atoms with Crippen molar-refractivity contribution in [2.75, 3.05) is 40.0 Å². The third-order valence-corrected chi connectivity index (χ3v) is 3.60. The predicted octanol–water partition coefficient (Wildman–Crippen LogP) is 0.724. The maximum absolute atomic E-state index is 9.95. The van der Waals surface area contributed by atoms with Crippen LogP contribution in [0.3, 0.4) is 0 Å². The fraction of sp³-hybridized carbons (Fsp3) is 1.00. The van der Waals surface area contributed by atoms with E-state index >= 15 is 0 Å². The molecule has 0 aromatic heterocycles. The maximum atomic E-state index is 9.95. The lowest BCUT2D eigenvalue weighted by Crippen LogP contribution is -2.38. The molecule has 1 saturated carbocycles. The summed E-state index contributed by atoms with van der Waals surface area (Å²) in [7, 11) is 2.06. The lowest BCUT2D eigenvalue weighted by molar-refractivity contribution is 0.0261. The first kappa shape index (κ1) is 14.9. The van der Waals surface area contributed by atoms with Crippen LogP contribution in [-0.4, -0.2) is 61.2 Å². The lowest BCUT2D eigenvalue weighted by atomic mass is 9.80.